The lowest BCUT2D eigenvalue weighted by Gasteiger charge is -2.35. The highest BCUT2D eigenvalue weighted by Crippen LogP contribution is 2.21. The van der Waals surface area contributed by atoms with Crippen LogP contribution in [0.15, 0.2) is 0 Å². The Morgan fingerprint density at radius 3 is 2.77 bits per heavy atom. The van der Waals surface area contributed by atoms with Crippen LogP contribution in [0.2, 0.25) is 0 Å². The minimum Gasteiger partial charge on any atom is -0.354 e. The van der Waals surface area contributed by atoms with Crippen LogP contribution in [0, 0.1) is 0 Å². The predicted octanol–water partition coefficient (Wildman–Crippen LogP) is 0.203. The van der Waals surface area contributed by atoms with Crippen LogP contribution >= 0.6 is 0 Å². The second-order valence-corrected chi connectivity index (χ2v) is 3.59. The van der Waals surface area contributed by atoms with Gasteiger partial charge in [0.05, 0.1) is 12.1 Å². The van der Waals surface area contributed by atoms with E-state index in [1.165, 1.54) is 0 Å². The minimum atomic E-state index is -0.281. The molecule has 4 N–H and O–H groups in total. The first-order chi connectivity index (χ1) is 6.19. The van der Waals surface area contributed by atoms with Gasteiger partial charge in [0.1, 0.15) is 0 Å². The second kappa shape index (κ2) is 4.91. The van der Waals surface area contributed by atoms with Gasteiger partial charge in [-0.25, -0.2) is 0 Å². The average Bonchev–Trinajstić information content (AvgIpc) is 2.17. The first-order valence-electron chi connectivity index (χ1n) is 4.88. The quantitative estimate of drug-likeness (QED) is 0.664. The maximum Gasteiger partial charge on any atom is 0.172 e. The highest BCUT2D eigenvalue weighted by atomic mass is 16.7. The lowest BCUT2D eigenvalue weighted by molar-refractivity contribution is -0.193. The largest absolute Gasteiger partial charge is 0.354 e. The van der Waals surface area contributed by atoms with E-state index in [-0.39, 0.29) is 24.5 Å². The van der Waals surface area contributed by atoms with E-state index in [1.54, 1.807) is 7.11 Å². The molecule has 0 aromatic carbocycles. The van der Waals surface area contributed by atoms with Crippen molar-refractivity contribution in [3.63, 3.8) is 0 Å². The van der Waals surface area contributed by atoms with E-state index in [9.17, 15) is 0 Å². The van der Waals surface area contributed by atoms with Crippen LogP contribution in [0.4, 0.5) is 0 Å². The Bertz CT molecular complexity index is 155. The Hall–Kier alpha value is -0.160. The highest BCUT2D eigenvalue weighted by molar-refractivity contribution is 4.81. The zero-order valence-electron chi connectivity index (χ0n) is 8.40. The Balaban J connectivity index is 2.44. The topological polar surface area (TPSA) is 70.5 Å². The van der Waals surface area contributed by atoms with Gasteiger partial charge in [0.25, 0.3) is 0 Å². The molecule has 1 rings (SSSR count). The van der Waals surface area contributed by atoms with Gasteiger partial charge in [-0.1, -0.05) is 6.92 Å². The first kappa shape index (κ1) is 10.9. The molecule has 4 atom stereocenters. The molecule has 1 saturated heterocycles. The number of hydrogen-bond donors (Lipinski definition) is 2. The second-order valence-electron chi connectivity index (χ2n) is 3.59. The molecule has 78 valence electrons. The maximum absolute atomic E-state index is 5.89. The molecule has 1 aliphatic rings. The fourth-order valence-corrected chi connectivity index (χ4v) is 1.64. The van der Waals surface area contributed by atoms with Crippen LogP contribution in [0.5, 0.6) is 0 Å². The predicted molar refractivity (Wildman–Crippen MR) is 51.1 cm³/mol. The molecule has 0 spiro atoms. The van der Waals surface area contributed by atoms with Crippen LogP contribution in [-0.2, 0) is 9.47 Å². The molecule has 3 unspecified atom stereocenters. The van der Waals surface area contributed by atoms with Gasteiger partial charge in [-0.3, -0.25) is 0 Å². The van der Waals surface area contributed by atoms with Gasteiger partial charge >= 0.3 is 0 Å². The maximum atomic E-state index is 5.89. The molecule has 4 nitrogen and oxygen atoms in total. The van der Waals surface area contributed by atoms with E-state index >= 15 is 0 Å². The molecule has 13 heavy (non-hydrogen) atoms. The molecule has 1 fully saturated rings. The fourth-order valence-electron chi connectivity index (χ4n) is 1.64. The van der Waals surface area contributed by atoms with Crippen LogP contribution in [0.1, 0.15) is 26.2 Å². The van der Waals surface area contributed by atoms with Gasteiger partial charge in [0.15, 0.2) is 6.29 Å². The standard InChI is InChI=1S/C9H20N2O2/c1-3-6(10)8-5-4-7(11)9(12-2)13-8/h6-9H,3-5,10-11H2,1-2H3/t6?,7?,8?,9-/m0/s1. The normalized spacial score (nSPS) is 37.4. The lowest BCUT2D eigenvalue weighted by atomic mass is 9.98. The van der Waals surface area contributed by atoms with Crippen molar-refractivity contribution < 1.29 is 9.47 Å². The summed E-state index contributed by atoms with van der Waals surface area (Å²) in [5, 5.41) is 0. The molecule has 0 saturated carbocycles. The monoisotopic (exact) mass is 188 g/mol. The van der Waals surface area contributed by atoms with Crippen LogP contribution in [0.25, 0.3) is 0 Å². The Kier molecular flexibility index (Phi) is 4.12. The van der Waals surface area contributed by atoms with Crippen LogP contribution < -0.4 is 11.5 Å². The summed E-state index contributed by atoms with van der Waals surface area (Å²) in [6.07, 6.45) is 2.62. The SMILES string of the molecule is CCC(N)C1CCC(N)[C@@H](OC)O1. The molecular weight excluding hydrogens is 168 g/mol. The van der Waals surface area contributed by atoms with E-state index in [0.29, 0.717) is 0 Å². The van der Waals surface area contributed by atoms with E-state index in [2.05, 4.69) is 6.92 Å². The molecule has 1 heterocycles. The van der Waals surface area contributed by atoms with E-state index < -0.39 is 0 Å². The molecule has 0 aromatic rings. The molecular formula is C9H20N2O2. The Labute approximate surface area is 79.6 Å². The summed E-state index contributed by atoms with van der Waals surface area (Å²) in [5.41, 5.74) is 11.7. The zero-order chi connectivity index (χ0) is 9.84. The smallest absolute Gasteiger partial charge is 0.172 e. The van der Waals surface area contributed by atoms with Crippen molar-refractivity contribution in [3.05, 3.63) is 0 Å². The summed E-state index contributed by atoms with van der Waals surface area (Å²) >= 11 is 0. The summed E-state index contributed by atoms with van der Waals surface area (Å²) in [4.78, 5) is 0. The Morgan fingerprint density at radius 2 is 2.23 bits per heavy atom. The molecule has 0 radical (unpaired) electrons. The van der Waals surface area contributed by atoms with Gasteiger partial charge < -0.3 is 20.9 Å². The third-order valence-electron chi connectivity index (χ3n) is 2.62. The molecule has 0 aliphatic carbocycles. The third-order valence-corrected chi connectivity index (χ3v) is 2.62. The van der Waals surface area contributed by atoms with Crippen molar-refractivity contribution in [2.45, 2.75) is 50.7 Å². The van der Waals surface area contributed by atoms with Crippen LogP contribution in [-0.4, -0.2) is 31.6 Å². The van der Waals surface area contributed by atoms with Crippen molar-refractivity contribution in [2.75, 3.05) is 7.11 Å². The van der Waals surface area contributed by atoms with Gasteiger partial charge in [0.2, 0.25) is 0 Å². The first-order valence-corrected chi connectivity index (χ1v) is 4.88. The van der Waals surface area contributed by atoms with Crippen molar-refractivity contribution >= 4 is 0 Å². The van der Waals surface area contributed by atoms with Crippen molar-refractivity contribution in [2.24, 2.45) is 11.5 Å². The summed E-state index contributed by atoms with van der Waals surface area (Å²) in [6.45, 7) is 2.06. The molecule has 0 amide bonds. The number of methoxy groups -OCH3 is 1. The van der Waals surface area contributed by atoms with Gasteiger partial charge in [-0.2, -0.15) is 0 Å². The molecule has 4 heteroatoms. The number of hydrogen-bond acceptors (Lipinski definition) is 4. The number of nitrogens with two attached hydrogens (primary N) is 2. The van der Waals surface area contributed by atoms with E-state index in [4.69, 9.17) is 20.9 Å². The van der Waals surface area contributed by atoms with Gasteiger partial charge in [-0.05, 0) is 19.3 Å². The summed E-state index contributed by atoms with van der Waals surface area (Å²) in [6, 6.07) is 0.0930. The lowest BCUT2D eigenvalue weighted by Crippen LogP contribution is -2.50. The van der Waals surface area contributed by atoms with Crippen molar-refractivity contribution in [1.82, 2.24) is 0 Å². The van der Waals surface area contributed by atoms with Gasteiger partial charge in [-0.15, -0.1) is 0 Å². The highest BCUT2D eigenvalue weighted by Gasteiger charge is 2.31. The Morgan fingerprint density at radius 1 is 1.54 bits per heavy atom. The van der Waals surface area contributed by atoms with Crippen LogP contribution in [0.3, 0.4) is 0 Å². The molecule has 0 aromatic heterocycles. The summed E-state index contributed by atoms with van der Waals surface area (Å²) < 4.78 is 10.8. The van der Waals surface area contributed by atoms with Crippen molar-refractivity contribution in [1.29, 1.82) is 0 Å². The molecule has 1 aliphatic heterocycles. The van der Waals surface area contributed by atoms with Crippen molar-refractivity contribution in [3.8, 4) is 0 Å². The number of ether oxygens (including phenoxy) is 2. The number of rotatable bonds is 3. The van der Waals surface area contributed by atoms with E-state index in [0.717, 1.165) is 19.3 Å². The third kappa shape index (κ3) is 2.64. The van der Waals surface area contributed by atoms with Gasteiger partial charge in [0, 0.05) is 13.2 Å². The van der Waals surface area contributed by atoms with E-state index in [1.807, 2.05) is 0 Å². The molecule has 0 bridgehead atoms. The fraction of sp³-hybridized carbons (Fsp3) is 1.00. The average molecular weight is 188 g/mol. The summed E-state index contributed by atoms with van der Waals surface area (Å²) in [7, 11) is 1.62. The minimum absolute atomic E-state index is 0.00898. The zero-order valence-corrected chi connectivity index (χ0v) is 8.40. The summed E-state index contributed by atoms with van der Waals surface area (Å²) in [5.74, 6) is 0.